The van der Waals surface area contributed by atoms with Gasteiger partial charge < -0.3 is 9.52 Å². The summed E-state index contributed by atoms with van der Waals surface area (Å²) in [5.41, 5.74) is -0.188. The average Bonchev–Trinajstić information content (AvgIpc) is 2.80. The molecule has 8 heteroatoms. The number of para-hydroxylation sites is 1. The van der Waals surface area contributed by atoms with E-state index in [1.807, 2.05) is 0 Å². The average molecular weight is 298 g/mol. The molecular weight excluding hydrogens is 289 g/mol. The number of hydrogen-bond acceptors (Lipinski definition) is 4. The van der Waals surface area contributed by atoms with Gasteiger partial charge in [0.2, 0.25) is 5.58 Å². The molecule has 0 amide bonds. The van der Waals surface area contributed by atoms with Crippen molar-refractivity contribution in [2.75, 3.05) is 0 Å². The molecule has 5 nitrogen and oxygen atoms in total. The summed E-state index contributed by atoms with van der Waals surface area (Å²) in [5, 5.41) is 9.64. The van der Waals surface area contributed by atoms with Crippen LogP contribution in [-0.4, -0.2) is 26.9 Å². The molecule has 2 heterocycles. The Hall–Kier alpha value is -2.35. The van der Waals surface area contributed by atoms with E-state index in [-0.39, 0.29) is 11.1 Å². The lowest BCUT2D eigenvalue weighted by Crippen LogP contribution is -2.36. The van der Waals surface area contributed by atoms with Crippen LogP contribution in [0.15, 0.2) is 39.8 Å². The van der Waals surface area contributed by atoms with Gasteiger partial charge in [-0.05, 0) is 12.1 Å². The van der Waals surface area contributed by atoms with Gasteiger partial charge in [0, 0.05) is 5.39 Å². The topological polar surface area (TPSA) is 68.3 Å². The second-order valence-corrected chi connectivity index (χ2v) is 4.54. The van der Waals surface area contributed by atoms with E-state index in [4.69, 9.17) is 9.52 Å². The summed E-state index contributed by atoms with van der Waals surface area (Å²) in [6.45, 7) is -0.928. The number of aliphatic hydroxyl groups excluding tert-OH is 1. The van der Waals surface area contributed by atoms with E-state index in [0.29, 0.717) is 15.5 Å². The Labute approximate surface area is 115 Å². The van der Waals surface area contributed by atoms with Crippen LogP contribution in [0.5, 0.6) is 0 Å². The maximum atomic E-state index is 12.3. The van der Waals surface area contributed by atoms with Crippen molar-refractivity contribution in [3.63, 3.8) is 0 Å². The zero-order chi connectivity index (χ0) is 15.2. The van der Waals surface area contributed by atoms with E-state index in [9.17, 15) is 18.0 Å². The van der Waals surface area contributed by atoms with Crippen molar-refractivity contribution in [3.8, 4) is 0 Å². The van der Waals surface area contributed by atoms with Crippen molar-refractivity contribution in [2.24, 2.45) is 0 Å². The van der Waals surface area contributed by atoms with Gasteiger partial charge in [-0.15, -0.1) is 0 Å². The van der Waals surface area contributed by atoms with Gasteiger partial charge in [-0.2, -0.15) is 13.2 Å². The quantitative estimate of drug-likeness (QED) is 0.786. The fourth-order valence-electron chi connectivity index (χ4n) is 2.04. The Morgan fingerprint density at radius 2 is 2.05 bits per heavy atom. The smallest absolute Gasteiger partial charge is 0.416 e. The first-order valence-corrected chi connectivity index (χ1v) is 5.99. The molecule has 0 spiro atoms. The predicted octanol–water partition coefficient (Wildman–Crippen LogP) is 2.07. The number of alkyl halides is 3. The molecule has 1 N–H and O–H groups in total. The Balaban J connectivity index is 2.13. The van der Waals surface area contributed by atoms with Crippen molar-refractivity contribution in [1.29, 1.82) is 0 Å². The summed E-state index contributed by atoms with van der Waals surface area (Å²) >= 11 is 0. The maximum Gasteiger partial charge on any atom is 0.416 e. The van der Waals surface area contributed by atoms with E-state index in [2.05, 4.69) is 4.98 Å². The van der Waals surface area contributed by atoms with E-state index < -0.39 is 24.4 Å². The number of hydrogen-bond donors (Lipinski definition) is 1. The molecule has 110 valence electrons. The molecule has 2 aromatic heterocycles. The number of benzene rings is 1. The van der Waals surface area contributed by atoms with Gasteiger partial charge in [0.25, 0.3) is 5.56 Å². The minimum Gasteiger partial charge on any atom is -0.448 e. The highest BCUT2D eigenvalue weighted by Gasteiger charge is 2.38. The first-order valence-electron chi connectivity index (χ1n) is 5.99. The lowest BCUT2D eigenvalue weighted by molar-refractivity contribution is -0.207. The molecule has 1 aromatic carbocycles. The highest BCUT2D eigenvalue weighted by molar-refractivity contribution is 6.01. The van der Waals surface area contributed by atoms with Crippen molar-refractivity contribution in [3.05, 3.63) is 40.9 Å². The van der Waals surface area contributed by atoms with Gasteiger partial charge in [-0.1, -0.05) is 12.1 Å². The Kier molecular flexibility index (Phi) is 2.98. The number of aliphatic hydroxyl groups is 1. The maximum absolute atomic E-state index is 12.3. The Bertz CT molecular complexity index is 866. The van der Waals surface area contributed by atoms with Crippen LogP contribution in [0.3, 0.4) is 0 Å². The third-order valence-electron chi connectivity index (χ3n) is 3.10. The number of rotatable bonds is 2. The molecule has 0 radical (unpaired) electrons. The van der Waals surface area contributed by atoms with Gasteiger partial charge in [0.15, 0.2) is 6.10 Å². The van der Waals surface area contributed by atoms with Gasteiger partial charge in [-0.25, -0.2) is 4.98 Å². The summed E-state index contributed by atoms with van der Waals surface area (Å²) in [6.07, 6.45) is -6.47. The minimum absolute atomic E-state index is 0.131. The number of fused-ring (bicyclic) bond motifs is 3. The molecule has 1 atom stereocenters. The van der Waals surface area contributed by atoms with Crippen molar-refractivity contribution in [2.45, 2.75) is 18.8 Å². The predicted molar refractivity (Wildman–Crippen MR) is 67.8 cm³/mol. The third-order valence-corrected chi connectivity index (χ3v) is 3.10. The van der Waals surface area contributed by atoms with Gasteiger partial charge in [-0.3, -0.25) is 9.36 Å². The fraction of sp³-hybridized carbons (Fsp3) is 0.231. The number of halogens is 3. The number of aromatic nitrogens is 2. The van der Waals surface area contributed by atoms with Crippen LogP contribution in [0.4, 0.5) is 13.2 Å². The lowest BCUT2D eigenvalue weighted by atomic mass is 10.2. The first-order chi connectivity index (χ1) is 9.88. The number of furan rings is 1. The first kappa shape index (κ1) is 13.6. The van der Waals surface area contributed by atoms with Crippen LogP contribution in [0.1, 0.15) is 0 Å². The van der Waals surface area contributed by atoms with Crippen molar-refractivity contribution >= 4 is 22.1 Å². The highest BCUT2D eigenvalue weighted by Crippen LogP contribution is 2.25. The van der Waals surface area contributed by atoms with E-state index >= 15 is 0 Å². The third kappa shape index (κ3) is 2.27. The van der Waals surface area contributed by atoms with Gasteiger partial charge in [0.05, 0.1) is 12.9 Å². The van der Waals surface area contributed by atoms with Crippen LogP contribution in [0.25, 0.3) is 22.1 Å². The molecule has 0 saturated carbocycles. The number of nitrogens with zero attached hydrogens (tertiary/aromatic N) is 2. The van der Waals surface area contributed by atoms with Crippen LogP contribution in [0, 0.1) is 0 Å². The Morgan fingerprint density at radius 1 is 1.33 bits per heavy atom. The summed E-state index contributed by atoms with van der Waals surface area (Å²) in [7, 11) is 0. The van der Waals surface area contributed by atoms with Gasteiger partial charge >= 0.3 is 6.18 Å². The van der Waals surface area contributed by atoms with Crippen molar-refractivity contribution in [1.82, 2.24) is 9.55 Å². The van der Waals surface area contributed by atoms with Crippen LogP contribution in [0.2, 0.25) is 0 Å². The summed E-state index contributed by atoms with van der Waals surface area (Å²) in [6, 6.07) is 6.77. The highest BCUT2D eigenvalue weighted by atomic mass is 19.4. The van der Waals surface area contributed by atoms with Crippen LogP contribution in [-0.2, 0) is 6.54 Å². The van der Waals surface area contributed by atoms with E-state index in [1.165, 1.54) is 0 Å². The molecule has 0 bridgehead atoms. The summed E-state index contributed by atoms with van der Waals surface area (Å²) in [5.74, 6) is 0. The zero-order valence-electron chi connectivity index (χ0n) is 10.5. The fourth-order valence-corrected chi connectivity index (χ4v) is 2.04. The van der Waals surface area contributed by atoms with Crippen molar-refractivity contribution < 1.29 is 22.7 Å². The molecule has 3 aromatic rings. The SMILES string of the molecule is O=c1c2oc3ccccc3c2ncn1C[C@H](O)C(F)(F)F. The summed E-state index contributed by atoms with van der Waals surface area (Å²) in [4.78, 5) is 16.1. The molecule has 0 aliphatic heterocycles. The van der Waals surface area contributed by atoms with E-state index in [1.54, 1.807) is 24.3 Å². The second kappa shape index (κ2) is 4.59. The Morgan fingerprint density at radius 3 is 2.76 bits per heavy atom. The standard InChI is InChI=1S/C13H9F3N2O3/c14-13(15,16)9(19)5-18-6-17-10-7-3-1-2-4-8(7)21-11(10)12(18)20/h1-4,6,9,19H,5H2/t9-/m0/s1. The van der Waals surface area contributed by atoms with Crippen LogP contribution < -0.4 is 5.56 Å². The van der Waals surface area contributed by atoms with E-state index in [0.717, 1.165) is 6.33 Å². The van der Waals surface area contributed by atoms with Gasteiger partial charge in [0.1, 0.15) is 11.1 Å². The second-order valence-electron chi connectivity index (χ2n) is 4.54. The molecule has 21 heavy (non-hydrogen) atoms. The molecule has 0 fully saturated rings. The molecule has 0 unspecified atom stereocenters. The van der Waals surface area contributed by atoms with Crippen LogP contribution >= 0.6 is 0 Å². The normalized spacial score (nSPS) is 13.9. The minimum atomic E-state index is -4.80. The largest absolute Gasteiger partial charge is 0.448 e. The molecular formula is C13H9F3N2O3. The molecule has 0 aliphatic carbocycles. The lowest BCUT2D eigenvalue weighted by Gasteiger charge is -2.15. The monoisotopic (exact) mass is 298 g/mol. The zero-order valence-corrected chi connectivity index (χ0v) is 10.5. The molecule has 0 aliphatic rings. The molecule has 3 rings (SSSR count). The molecule has 0 saturated heterocycles. The summed E-state index contributed by atoms with van der Waals surface area (Å²) < 4.78 is 43.0.